The topological polar surface area (TPSA) is 43.7 Å². The van der Waals surface area contributed by atoms with Crippen molar-refractivity contribution in [2.45, 2.75) is 64.0 Å². The van der Waals surface area contributed by atoms with E-state index >= 15 is 0 Å². The van der Waals surface area contributed by atoms with Crippen LogP contribution in [0.3, 0.4) is 0 Å². The second-order valence-corrected chi connectivity index (χ2v) is 10.9. The summed E-state index contributed by atoms with van der Waals surface area (Å²) in [6.07, 6.45) is 8.65. The molecule has 0 aromatic carbocycles. The number of rotatable bonds is 2. The number of fused-ring (bicyclic) bond motifs is 1. The smallest absolute Gasteiger partial charge is 0.0585 e. The van der Waals surface area contributed by atoms with Gasteiger partial charge in [0.05, 0.1) is 12.7 Å². The first-order chi connectivity index (χ1) is 12.0. The minimum Gasteiger partial charge on any atom is -0.395 e. The van der Waals surface area contributed by atoms with Crippen LogP contribution in [0.2, 0.25) is 0 Å². The lowest BCUT2D eigenvalue weighted by atomic mass is 9.39. The molecule has 1 saturated heterocycles. The molecule has 2 N–H and O–H groups in total. The van der Waals surface area contributed by atoms with Crippen LogP contribution in [0.4, 0.5) is 0 Å². The van der Waals surface area contributed by atoms with Crippen LogP contribution in [-0.4, -0.2) is 47.0 Å². The van der Waals surface area contributed by atoms with Crippen LogP contribution in [-0.2, 0) is 0 Å². The summed E-state index contributed by atoms with van der Waals surface area (Å²) >= 11 is 0. The molecule has 7 fully saturated rings. The summed E-state index contributed by atoms with van der Waals surface area (Å²) in [7, 11) is 0. The summed E-state index contributed by atoms with van der Waals surface area (Å²) in [4.78, 5) is 2.70. The molecule has 1 heterocycles. The van der Waals surface area contributed by atoms with E-state index < -0.39 is 0 Å². The number of piperidine rings is 1. The van der Waals surface area contributed by atoms with Gasteiger partial charge in [-0.25, -0.2) is 0 Å². The van der Waals surface area contributed by atoms with E-state index in [4.69, 9.17) is 0 Å². The molecule has 0 amide bonds. The molecule has 2 spiro atoms. The first-order valence-electron chi connectivity index (χ1n) is 10.7. The van der Waals surface area contributed by atoms with Crippen LogP contribution in [0.5, 0.6) is 0 Å². The molecule has 3 nitrogen and oxygen atoms in total. The first-order valence-corrected chi connectivity index (χ1v) is 10.7. The Morgan fingerprint density at radius 2 is 2.12 bits per heavy atom. The van der Waals surface area contributed by atoms with Gasteiger partial charge in [0.25, 0.3) is 0 Å². The highest BCUT2D eigenvalue weighted by atomic mass is 16.3. The molecule has 3 heteroatoms. The van der Waals surface area contributed by atoms with Gasteiger partial charge in [-0.1, -0.05) is 25.5 Å². The van der Waals surface area contributed by atoms with Crippen LogP contribution in [0.1, 0.15) is 51.9 Å². The molecular weight excluding hydrogens is 310 g/mol. The number of β-amino-alcohol motifs (C(OH)–C–C–N with tert-alkyl or cyclic N) is 1. The summed E-state index contributed by atoms with van der Waals surface area (Å²) in [5.41, 5.74) is 2.36. The average Bonchev–Trinajstić information content (AvgIpc) is 2.64. The standard InChI is InChI=1S/C22H33NO2/c1-13-10-21-11-16(25)18-20(2)4-3-5-22(18)17(21)9-14(13)8-15(21)19(22)23(12-20)6-7-24/h14-19,24-25H,1,3-12H2,2H3. The van der Waals surface area contributed by atoms with E-state index in [0.29, 0.717) is 22.8 Å². The highest BCUT2D eigenvalue weighted by Gasteiger charge is 2.81. The van der Waals surface area contributed by atoms with Crippen LogP contribution >= 0.6 is 0 Å². The lowest BCUT2D eigenvalue weighted by Gasteiger charge is -2.68. The van der Waals surface area contributed by atoms with Gasteiger partial charge in [0.15, 0.2) is 0 Å². The summed E-state index contributed by atoms with van der Waals surface area (Å²) in [6.45, 7) is 9.11. The normalized spacial score (nSPS) is 61.6. The van der Waals surface area contributed by atoms with Crippen LogP contribution in [0.15, 0.2) is 12.2 Å². The molecule has 9 unspecified atom stereocenters. The number of hydrogen-bond donors (Lipinski definition) is 2. The third-order valence-electron chi connectivity index (χ3n) is 10.2. The van der Waals surface area contributed by atoms with Crippen molar-refractivity contribution in [3.63, 3.8) is 0 Å². The van der Waals surface area contributed by atoms with E-state index in [2.05, 4.69) is 18.4 Å². The van der Waals surface area contributed by atoms with Crippen LogP contribution in [0, 0.1) is 39.9 Å². The van der Waals surface area contributed by atoms with Gasteiger partial charge in [-0.3, -0.25) is 4.90 Å². The Balaban J connectivity index is 1.59. The largest absolute Gasteiger partial charge is 0.395 e. The Morgan fingerprint density at radius 3 is 2.92 bits per heavy atom. The Kier molecular flexibility index (Phi) is 2.84. The average molecular weight is 344 g/mol. The molecule has 7 rings (SSSR count). The van der Waals surface area contributed by atoms with E-state index in [0.717, 1.165) is 37.3 Å². The second-order valence-electron chi connectivity index (χ2n) is 10.9. The molecular formula is C22H33NO2. The molecule has 9 atom stereocenters. The van der Waals surface area contributed by atoms with Crippen molar-refractivity contribution in [3.05, 3.63) is 12.2 Å². The van der Waals surface area contributed by atoms with Gasteiger partial charge < -0.3 is 10.2 Å². The van der Waals surface area contributed by atoms with Gasteiger partial charge in [-0.15, -0.1) is 0 Å². The van der Waals surface area contributed by atoms with Crippen LogP contribution < -0.4 is 0 Å². The minimum absolute atomic E-state index is 0.118. The summed E-state index contributed by atoms with van der Waals surface area (Å²) in [5.74, 6) is 2.75. The zero-order valence-electron chi connectivity index (χ0n) is 15.6. The highest BCUT2D eigenvalue weighted by molar-refractivity contribution is 5.34. The van der Waals surface area contributed by atoms with Gasteiger partial charge in [0.1, 0.15) is 0 Å². The number of likely N-dealkylation sites (tertiary alicyclic amines) is 1. The quantitative estimate of drug-likeness (QED) is 0.758. The van der Waals surface area contributed by atoms with Crippen molar-refractivity contribution in [1.82, 2.24) is 4.90 Å². The predicted molar refractivity (Wildman–Crippen MR) is 96.8 cm³/mol. The fourth-order valence-corrected chi connectivity index (χ4v) is 10.2. The molecule has 25 heavy (non-hydrogen) atoms. The van der Waals surface area contributed by atoms with Crippen molar-refractivity contribution in [3.8, 4) is 0 Å². The van der Waals surface area contributed by atoms with Gasteiger partial charge in [-0.2, -0.15) is 0 Å². The van der Waals surface area contributed by atoms with Crippen molar-refractivity contribution in [2.24, 2.45) is 39.9 Å². The number of aliphatic hydroxyl groups is 2. The Labute approximate surface area is 151 Å². The third-order valence-corrected chi connectivity index (χ3v) is 10.2. The molecule has 6 aliphatic carbocycles. The minimum atomic E-state index is -0.118. The lowest BCUT2D eigenvalue weighted by Crippen LogP contribution is -2.69. The lowest BCUT2D eigenvalue weighted by molar-refractivity contribution is -0.223. The molecule has 0 aromatic heterocycles. The molecule has 0 radical (unpaired) electrons. The molecule has 0 aromatic rings. The molecule has 6 saturated carbocycles. The first kappa shape index (κ1) is 15.7. The van der Waals surface area contributed by atoms with Crippen molar-refractivity contribution in [2.75, 3.05) is 19.7 Å². The fourth-order valence-electron chi connectivity index (χ4n) is 10.2. The number of aliphatic hydroxyl groups excluding tert-OH is 2. The van der Waals surface area contributed by atoms with E-state index in [9.17, 15) is 10.2 Å². The van der Waals surface area contributed by atoms with E-state index in [-0.39, 0.29) is 18.1 Å². The SMILES string of the molecule is C=C1CC23CC(O)C4C5(C)CCCC46C(C2CC1CC36)N(CCO)C5. The zero-order chi connectivity index (χ0) is 17.2. The number of nitrogens with zero attached hydrogens (tertiary/aromatic N) is 1. The summed E-state index contributed by atoms with van der Waals surface area (Å²) in [5, 5.41) is 21.2. The maximum absolute atomic E-state index is 11.4. The van der Waals surface area contributed by atoms with Gasteiger partial charge in [-0.05, 0) is 78.4 Å². The second kappa shape index (κ2) is 4.54. The van der Waals surface area contributed by atoms with Crippen molar-refractivity contribution < 1.29 is 10.2 Å². The van der Waals surface area contributed by atoms with E-state index in [1.54, 1.807) is 0 Å². The maximum Gasteiger partial charge on any atom is 0.0585 e. The fraction of sp³-hybridized carbons (Fsp3) is 0.909. The van der Waals surface area contributed by atoms with E-state index in [1.807, 2.05) is 0 Å². The van der Waals surface area contributed by atoms with Crippen LogP contribution in [0.25, 0.3) is 0 Å². The van der Waals surface area contributed by atoms with E-state index in [1.165, 1.54) is 44.1 Å². The third kappa shape index (κ3) is 1.51. The van der Waals surface area contributed by atoms with Gasteiger partial charge in [0.2, 0.25) is 0 Å². The molecule has 1 aliphatic heterocycles. The monoisotopic (exact) mass is 343 g/mol. The van der Waals surface area contributed by atoms with Crippen molar-refractivity contribution >= 4 is 0 Å². The summed E-state index contributed by atoms with van der Waals surface area (Å²) < 4.78 is 0. The molecule has 138 valence electrons. The maximum atomic E-state index is 11.4. The number of hydrogen-bond acceptors (Lipinski definition) is 3. The Hall–Kier alpha value is -0.380. The predicted octanol–water partition coefficient (Wildman–Crippen LogP) is 2.82. The molecule has 6 bridgehead atoms. The van der Waals surface area contributed by atoms with Gasteiger partial charge in [0, 0.05) is 19.1 Å². The number of allylic oxidation sites excluding steroid dienone is 1. The van der Waals surface area contributed by atoms with Gasteiger partial charge >= 0.3 is 0 Å². The van der Waals surface area contributed by atoms with Crippen molar-refractivity contribution in [1.29, 1.82) is 0 Å². The molecule has 7 aliphatic rings. The highest BCUT2D eigenvalue weighted by Crippen LogP contribution is 2.82. The summed E-state index contributed by atoms with van der Waals surface area (Å²) in [6, 6.07) is 0.610. The Bertz CT molecular complexity index is 648. The Morgan fingerprint density at radius 1 is 1.28 bits per heavy atom. The zero-order valence-corrected chi connectivity index (χ0v) is 15.6.